The van der Waals surface area contributed by atoms with Crippen LogP contribution in [0.15, 0.2) is 60.2 Å². The van der Waals surface area contributed by atoms with E-state index in [4.69, 9.17) is 28.6 Å². The van der Waals surface area contributed by atoms with E-state index in [0.29, 0.717) is 27.6 Å². The topological polar surface area (TPSA) is 58.6 Å². The summed E-state index contributed by atoms with van der Waals surface area (Å²) in [4.78, 5) is 27.8. The van der Waals surface area contributed by atoms with E-state index in [0.717, 1.165) is 17.2 Å². The Morgan fingerprint density at radius 3 is 2.64 bits per heavy atom. The van der Waals surface area contributed by atoms with Crippen LogP contribution in [-0.4, -0.2) is 23.0 Å². The van der Waals surface area contributed by atoms with Gasteiger partial charge in [0.05, 0.1) is 11.8 Å². The summed E-state index contributed by atoms with van der Waals surface area (Å²) in [7, 11) is 0. The summed E-state index contributed by atoms with van der Waals surface area (Å²) in [6.07, 6.45) is 2.38. The van der Waals surface area contributed by atoms with Crippen LogP contribution in [0, 0.1) is 6.92 Å². The van der Waals surface area contributed by atoms with Gasteiger partial charge in [-0.2, -0.15) is 0 Å². The van der Waals surface area contributed by atoms with E-state index >= 15 is 0 Å². The molecule has 168 valence electrons. The number of anilines is 1. The molecule has 1 N–H and O–H groups in total. The van der Waals surface area contributed by atoms with Gasteiger partial charge in [0.2, 0.25) is 0 Å². The van der Waals surface area contributed by atoms with Gasteiger partial charge in [0.25, 0.3) is 11.8 Å². The van der Waals surface area contributed by atoms with Crippen LogP contribution in [0.5, 0.6) is 5.75 Å². The number of rotatable bonds is 5. The summed E-state index contributed by atoms with van der Waals surface area (Å²) in [5, 5.41) is 5.01. The zero-order chi connectivity index (χ0) is 23.7. The molecule has 3 aromatic rings. The predicted octanol–water partition coefficient (Wildman–Crippen LogP) is 5.81. The van der Waals surface area contributed by atoms with Crippen molar-refractivity contribution >= 4 is 63.3 Å². The number of hydrogen-bond donors (Lipinski definition) is 1. The average Bonchev–Trinajstić information content (AvgIpc) is 2.80. The van der Waals surface area contributed by atoms with Crippen molar-refractivity contribution in [3.8, 4) is 5.75 Å². The molecule has 1 saturated heterocycles. The Morgan fingerprint density at radius 1 is 1.12 bits per heavy atom. The van der Waals surface area contributed by atoms with E-state index in [1.807, 2.05) is 50.2 Å². The zero-order valence-electron chi connectivity index (χ0n) is 18.5. The third-order valence-corrected chi connectivity index (χ3v) is 6.40. The minimum atomic E-state index is -0.552. The molecule has 0 unspecified atom stereocenters. The van der Waals surface area contributed by atoms with Crippen LogP contribution < -0.4 is 15.0 Å². The summed E-state index contributed by atoms with van der Waals surface area (Å²) < 4.78 is 6.14. The maximum atomic E-state index is 13.6. The first kappa shape index (κ1) is 23.0. The summed E-state index contributed by atoms with van der Waals surface area (Å²) in [5.74, 6) is -0.463. The molecule has 33 heavy (non-hydrogen) atoms. The highest BCUT2D eigenvalue weighted by molar-refractivity contribution is 7.80. The second kappa shape index (κ2) is 9.33. The molecule has 1 fully saturated rings. The third kappa shape index (κ3) is 4.36. The van der Waals surface area contributed by atoms with Crippen molar-refractivity contribution < 1.29 is 14.3 Å². The smallest absolute Gasteiger partial charge is 0.270 e. The van der Waals surface area contributed by atoms with Crippen molar-refractivity contribution in [1.82, 2.24) is 5.32 Å². The number of nitrogens with zero attached hydrogens (tertiary/aromatic N) is 1. The van der Waals surface area contributed by atoms with E-state index in [-0.39, 0.29) is 16.8 Å². The fraction of sp³-hybridized carbons (Fsp3) is 0.192. The fourth-order valence-corrected chi connectivity index (χ4v) is 4.13. The Balaban J connectivity index is 1.88. The van der Waals surface area contributed by atoms with Crippen molar-refractivity contribution in [2.75, 3.05) is 4.90 Å². The summed E-state index contributed by atoms with van der Waals surface area (Å²) in [6.45, 7) is 5.82. The van der Waals surface area contributed by atoms with Gasteiger partial charge in [-0.15, -0.1) is 0 Å². The number of benzene rings is 3. The second-order valence-electron chi connectivity index (χ2n) is 7.88. The molecule has 1 aliphatic rings. The highest BCUT2D eigenvalue weighted by atomic mass is 35.5. The lowest BCUT2D eigenvalue weighted by molar-refractivity contribution is -0.122. The van der Waals surface area contributed by atoms with Crippen molar-refractivity contribution in [2.24, 2.45) is 0 Å². The first-order valence-electron chi connectivity index (χ1n) is 10.7. The van der Waals surface area contributed by atoms with Gasteiger partial charge >= 0.3 is 0 Å². The van der Waals surface area contributed by atoms with Crippen molar-refractivity contribution in [3.05, 3.63) is 76.3 Å². The second-order valence-corrected chi connectivity index (χ2v) is 8.67. The van der Waals surface area contributed by atoms with E-state index in [2.05, 4.69) is 5.32 Å². The lowest BCUT2D eigenvalue weighted by Gasteiger charge is -2.30. The number of carbonyl (C=O) groups is 2. The molecule has 0 aliphatic carbocycles. The number of nitrogens with one attached hydrogen (secondary N) is 1. The first-order chi connectivity index (χ1) is 15.8. The molecule has 0 aromatic heterocycles. The van der Waals surface area contributed by atoms with E-state index in [1.165, 1.54) is 4.90 Å². The van der Waals surface area contributed by atoms with Crippen LogP contribution in [0.4, 0.5) is 5.69 Å². The number of amides is 2. The molecule has 1 atom stereocenters. The maximum absolute atomic E-state index is 13.6. The van der Waals surface area contributed by atoms with Gasteiger partial charge in [0, 0.05) is 10.6 Å². The molecule has 0 saturated carbocycles. The Hall–Kier alpha value is -3.22. The fourth-order valence-electron chi connectivity index (χ4n) is 3.69. The molecule has 0 radical (unpaired) electrons. The normalized spacial score (nSPS) is 16.3. The van der Waals surface area contributed by atoms with Gasteiger partial charge in [0.1, 0.15) is 11.3 Å². The third-order valence-electron chi connectivity index (χ3n) is 5.70. The Labute approximate surface area is 203 Å². The largest absolute Gasteiger partial charge is 0.490 e. The number of hydrogen-bond acceptors (Lipinski definition) is 4. The maximum Gasteiger partial charge on any atom is 0.270 e. The Bertz CT molecular complexity index is 1320. The van der Waals surface area contributed by atoms with Crippen LogP contribution in [-0.2, 0) is 9.59 Å². The summed E-state index contributed by atoms with van der Waals surface area (Å²) in [6, 6.07) is 16.8. The van der Waals surface area contributed by atoms with Crippen molar-refractivity contribution in [1.29, 1.82) is 0 Å². The van der Waals surface area contributed by atoms with Gasteiger partial charge in [0.15, 0.2) is 5.11 Å². The van der Waals surface area contributed by atoms with Crippen LogP contribution >= 0.6 is 23.8 Å². The molecule has 7 heteroatoms. The SMILES string of the molecule is CC[C@@H](C)Oc1ccc2ccccc2c1/C=C1\C(=O)NC(=S)N(c2cccc(Cl)c2C)C1=O. The number of carbonyl (C=O) groups excluding carboxylic acids is 2. The molecule has 5 nitrogen and oxygen atoms in total. The van der Waals surface area contributed by atoms with E-state index < -0.39 is 11.8 Å². The molecule has 4 rings (SSSR count). The van der Waals surface area contributed by atoms with Crippen LogP contribution in [0.3, 0.4) is 0 Å². The highest BCUT2D eigenvalue weighted by Gasteiger charge is 2.35. The molecular weight excluding hydrogens is 456 g/mol. The predicted molar refractivity (Wildman–Crippen MR) is 137 cm³/mol. The lowest BCUT2D eigenvalue weighted by atomic mass is 9.99. The van der Waals surface area contributed by atoms with Crippen molar-refractivity contribution in [3.63, 3.8) is 0 Å². The number of thiocarbonyl (C=S) groups is 1. The van der Waals surface area contributed by atoms with Crippen molar-refractivity contribution in [2.45, 2.75) is 33.3 Å². The number of fused-ring (bicyclic) bond motifs is 1. The molecule has 1 heterocycles. The first-order valence-corrected chi connectivity index (χ1v) is 11.5. The van der Waals surface area contributed by atoms with Crippen LogP contribution in [0.1, 0.15) is 31.4 Å². The monoisotopic (exact) mass is 478 g/mol. The Morgan fingerprint density at radius 2 is 1.88 bits per heavy atom. The van der Waals surface area contributed by atoms with Gasteiger partial charge in [-0.1, -0.05) is 54.9 Å². The number of ether oxygens (including phenoxy) is 1. The molecule has 0 bridgehead atoms. The van der Waals surface area contributed by atoms with E-state index in [9.17, 15) is 9.59 Å². The minimum absolute atomic E-state index is 0.0153. The quantitative estimate of drug-likeness (QED) is 0.285. The van der Waals surface area contributed by atoms with Gasteiger partial charge in [-0.25, -0.2) is 0 Å². The molecule has 3 aromatic carbocycles. The zero-order valence-corrected chi connectivity index (χ0v) is 20.1. The number of halogens is 1. The Kier molecular flexibility index (Phi) is 6.49. The van der Waals surface area contributed by atoms with Gasteiger partial charge in [-0.3, -0.25) is 19.8 Å². The molecule has 1 aliphatic heterocycles. The lowest BCUT2D eigenvalue weighted by Crippen LogP contribution is -2.54. The highest BCUT2D eigenvalue weighted by Crippen LogP contribution is 2.34. The minimum Gasteiger partial charge on any atom is -0.490 e. The van der Waals surface area contributed by atoms with Crippen LogP contribution in [0.25, 0.3) is 16.8 Å². The average molecular weight is 479 g/mol. The molecule has 0 spiro atoms. The van der Waals surface area contributed by atoms with Gasteiger partial charge < -0.3 is 4.74 Å². The summed E-state index contributed by atoms with van der Waals surface area (Å²) in [5.41, 5.74) is 1.85. The summed E-state index contributed by atoms with van der Waals surface area (Å²) >= 11 is 11.6. The standard InChI is InChI=1S/C26H23ClN2O3S/c1-4-15(2)32-23-13-12-17-8-5-6-9-18(17)19(23)14-20-24(30)28-26(33)29(25(20)31)22-11-7-10-21(27)16(22)3/h5-15H,4H2,1-3H3,(H,28,30,33)/b20-14+/t15-/m1/s1. The molecule has 2 amide bonds. The van der Waals surface area contributed by atoms with Gasteiger partial charge in [-0.05, 0) is 73.1 Å². The van der Waals surface area contributed by atoms with E-state index in [1.54, 1.807) is 31.2 Å². The molecular formula is C26H23ClN2O3S. The van der Waals surface area contributed by atoms with Crippen LogP contribution in [0.2, 0.25) is 5.02 Å².